The molecule has 0 saturated carbocycles. The minimum Gasteiger partial charge on any atom is -0.332 e. The molecule has 8 heteroatoms. The van der Waals surface area contributed by atoms with Crippen molar-refractivity contribution < 1.29 is 22.8 Å². The molecule has 1 aliphatic heterocycles. The van der Waals surface area contributed by atoms with E-state index in [4.69, 9.17) is 0 Å². The molecule has 170 valence electrons. The number of ketones is 1. The van der Waals surface area contributed by atoms with Crippen LogP contribution in [0, 0.1) is 13.8 Å². The molecule has 0 saturated heterocycles. The van der Waals surface area contributed by atoms with E-state index in [1.54, 1.807) is 13.8 Å². The average molecular weight is 453 g/mol. The Morgan fingerprint density at radius 3 is 2.36 bits per heavy atom. The maximum Gasteiger partial charge on any atom is 0.416 e. The van der Waals surface area contributed by atoms with Crippen molar-refractivity contribution in [2.45, 2.75) is 26.4 Å². The largest absolute Gasteiger partial charge is 0.416 e. The van der Waals surface area contributed by atoms with Crippen molar-refractivity contribution in [2.24, 2.45) is 0 Å². The van der Waals surface area contributed by atoms with Crippen LogP contribution >= 0.6 is 0 Å². The number of amides is 1. The molecule has 1 aromatic heterocycles. The Morgan fingerprint density at radius 2 is 1.73 bits per heavy atom. The van der Waals surface area contributed by atoms with Crippen molar-refractivity contribution in [3.05, 3.63) is 88.8 Å². The molecule has 0 fully saturated rings. The first kappa shape index (κ1) is 22.5. The Labute approximate surface area is 189 Å². The van der Waals surface area contributed by atoms with Gasteiger partial charge in [-0.15, -0.1) is 0 Å². The second-order valence-corrected chi connectivity index (χ2v) is 7.93. The molecule has 0 spiro atoms. The van der Waals surface area contributed by atoms with Crippen LogP contribution in [0.4, 0.5) is 13.2 Å². The van der Waals surface area contributed by atoms with Crippen molar-refractivity contribution >= 4 is 17.3 Å². The number of aryl methyl sites for hydroxylation is 1. The van der Waals surface area contributed by atoms with Gasteiger partial charge in [-0.2, -0.15) is 18.3 Å². The standard InChI is InChI=1S/C25H22F3N3O2/c1-16-22(17(2)31(29-16)21-10-6-9-20(15-21)25(26,27)28)23(32)24(33)30-13-11-19(12-14-30)18-7-4-3-5-8-18/h3-11,15H,12-14H2,1-2H3. The fourth-order valence-corrected chi connectivity index (χ4v) is 4.06. The number of hydrogen-bond donors (Lipinski definition) is 0. The summed E-state index contributed by atoms with van der Waals surface area (Å²) in [6.45, 7) is 3.87. The van der Waals surface area contributed by atoms with Crippen LogP contribution in [-0.2, 0) is 11.0 Å². The van der Waals surface area contributed by atoms with Gasteiger partial charge in [-0.25, -0.2) is 4.68 Å². The van der Waals surface area contributed by atoms with Crippen LogP contribution in [0.1, 0.15) is 39.3 Å². The number of Topliss-reactive ketones (excluding diaryl/α,β-unsaturated/α-hetero) is 1. The summed E-state index contributed by atoms with van der Waals surface area (Å²) in [6.07, 6.45) is -1.93. The number of rotatable bonds is 4. The van der Waals surface area contributed by atoms with Gasteiger partial charge >= 0.3 is 6.18 Å². The molecule has 0 unspecified atom stereocenters. The topological polar surface area (TPSA) is 55.2 Å². The molecule has 0 aliphatic carbocycles. The summed E-state index contributed by atoms with van der Waals surface area (Å²) in [5, 5.41) is 4.25. The van der Waals surface area contributed by atoms with Gasteiger partial charge in [-0.3, -0.25) is 9.59 Å². The number of hydrogen-bond acceptors (Lipinski definition) is 3. The summed E-state index contributed by atoms with van der Waals surface area (Å²) in [4.78, 5) is 27.5. The van der Waals surface area contributed by atoms with Crippen molar-refractivity contribution in [3.8, 4) is 5.69 Å². The van der Waals surface area contributed by atoms with E-state index in [2.05, 4.69) is 5.10 Å². The number of alkyl halides is 3. The molecule has 1 amide bonds. The fraction of sp³-hybridized carbons (Fsp3) is 0.240. The van der Waals surface area contributed by atoms with Crippen molar-refractivity contribution in [1.29, 1.82) is 0 Å². The van der Waals surface area contributed by atoms with Crippen LogP contribution in [0.25, 0.3) is 11.3 Å². The van der Waals surface area contributed by atoms with Gasteiger partial charge in [0.15, 0.2) is 0 Å². The lowest BCUT2D eigenvalue weighted by Crippen LogP contribution is -2.39. The SMILES string of the molecule is Cc1nn(-c2cccc(C(F)(F)F)c2)c(C)c1C(=O)C(=O)N1CC=C(c2ccccc2)CC1. The first-order valence-electron chi connectivity index (χ1n) is 10.5. The van der Waals surface area contributed by atoms with E-state index >= 15 is 0 Å². The molecule has 0 atom stereocenters. The summed E-state index contributed by atoms with van der Waals surface area (Å²) in [5.74, 6) is -1.35. The quantitative estimate of drug-likeness (QED) is 0.412. The van der Waals surface area contributed by atoms with Gasteiger partial charge < -0.3 is 4.90 Å². The molecule has 4 rings (SSSR count). The van der Waals surface area contributed by atoms with E-state index in [0.717, 1.165) is 23.3 Å². The lowest BCUT2D eigenvalue weighted by atomic mass is 9.99. The molecule has 2 heterocycles. The van der Waals surface area contributed by atoms with Crippen LogP contribution in [-0.4, -0.2) is 39.5 Å². The third-order valence-electron chi connectivity index (χ3n) is 5.77. The average Bonchev–Trinajstić information content (AvgIpc) is 3.12. The van der Waals surface area contributed by atoms with Gasteiger partial charge in [-0.1, -0.05) is 42.5 Å². The number of benzene rings is 2. The van der Waals surface area contributed by atoms with Gasteiger partial charge in [0, 0.05) is 13.1 Å². The third-order valence-corrected chi connectivity index (χ3v) is 5.77. The summed E-state index contributed by atoms with van der Waals surface area (Å²) in [7, 11) is 0. The van der Waals surface area contributed by atoms with E-state index in [-0.39, 0.29) is 11.3 Å². The Bertz CT molecular complexity index is 1240. The predicted octanol–water partition coefficient (Wildman–Crippen LogP) is 5.01. The van der Waals surface area contributed by atoms with Gasteiger partial charge in [0.05, 0.1) is 28.2 Å². The van der Waals surface area contributed by atoms with Gasteiger partial charge in [0.25, 0.3) is 11.7 Å². The van der Waals surface area contributed by atoms with Crippen molar-refractivity contribution in [2.75, 3.05) is 13.1 Å². The molecule has 0 radical (unpaired) electrons. The normalized spacial score (nSPS) is 14.2. The summed E-state index contributed by atoms with van der Waals surface area (Å²) < 4.78 is 40.6. The molecule has 33 heavy (non-hydrogen) atoms. The summed E-state index contributed by atoms with van der Waals surface area (Å²) in [5.41, 5.74) is 2.30. The molecule has 3 aromatic rings. The first-order chi connectivity index (χ1) is 15.7. The smallest absolute Gasteiger partial charge is 0.332 e. The van der Waals surface area contributed by atoms with Crippen LogP contribution in [0.15, 0.2) is 60.7 Å². The highest BCUT2D eigenvalue weighted by Crippen LogP contribution is 2.31. The highest BCUT2D eigenvalue weighted by atomic mass is 19.4. The monoisotopic (exact) mass is 453 g/mol. The molecule has 2 aromatic carbocycles. The van der Waals surface area contributed by atoms with Crippen LogP contribution in [0.5, 0.6) is 0 Å². The zero-order valence-corrected chi connectivity index (χ0v) is 18.2. The lowest BCUT2D eigenvalue weighted by molar-refractivity contribution is -0.137. The van der Waals surface area contributed by atoms with E-state index in [1.165, 1.54) is 21.7 Å². The minimum atomic E-state index is -4.50. The van der Waals surface area contributed by atoms with Crippen molar-refractivity contribution in [3.63, 3.8) is 0 Å². The van der Waals surface area contributed by atoms with Gasteiger partial charge in [0.1, 0.15) is 0 Å². The molecule has 1 aliphatic rings. The fourth-order valence-electron chi connectivity index (χ4n) is 4.06. The first-order valence-corrected chi connectivity index (χ1v) is 10.5. The number of nitrogens with zero attached hydrogens (tertiary/aromatic N) is 3. The second kappa shape index (κ2) is 8.69. The number of aromatic nitrogens is 2. The van der Waals surface area contributed by atoms with Crippen LogP contribution in [0.3, 0.4) is 0 Å². The summed E-state index contributed by atoms with van der Waals surface area (Å²) in [6, 6.07) is 14.5. The van der Waals surface area contributed by atoms with E-state index in [1.807, 2.05) is 36.4 Å². The Morgan fingerprint density at radius 1 is 1.00 bits per heavy atom. The highest BCUT2D eigenvalue weighted by molar-refractivity contribution is 6.43. The maximum atomic E-state index is 13.1. The highest BCUT2D eigenvalue weighted by Gasteiger charge is 2.32. The minimum absolute atomic E-state index is 0.121. The number of halogens is 3. The van der Waals surface area contributed by atoms with E-state index in [9.17, 15) is 22.8 Å². The molecule has 5 nitrogen and oxygen atoms in total. The Balaban J connectivity index is 1.57. The molecule has 0 bridgehead atoms. The maximum absolute atomic E-state index is 13.1. The zero-order valence-electron chi connectivity index (χ0n) is 18.2. The van der Waals surface area contributed by atoms with Crippen LogP contribution < -0.4 is 0 Å². The Kier molecular flexibility index (Phi) is 5.93. The predicted molar refractivity (Wildman–Crippen MR) is 118 cm³/mol. The Hall–Kier alpha value is -3.68. The molecular formula is C25H22F3N3O2. The summed E-state index contributed by atoms with van der Waals surface area (Å²) >= 11 is 0. The number of carbonyl (C=O) groups excluding carboxylic acids is 2. The zero-order chi connectivity index (χ0) is 23.8. The van der Waals surface area contributed by atoms with Crippen LogP contribution in [0.2, 0.25) is 0 Å². The number of carbonyl (C=O) groups is 2. The van der Waals surface area contributed by atoms with E-state index in [0.29, 0.717) is 30.9 Å². The third kappa shape index (κ3) is 4.46. The van der Waals surface area contributed by atoms with Gasteiger partial charge in [0.2, 0.25) is 0 Å². The molecular weight excluding hydrogens is 431 g/mol. The van der Waals surface area contributed by atoms with E-state index < -0.39 is 23.4 Å². The second-order valence-electron chi connectivity index (χ2n) is 7.93. The molecule has 0 N–H and O–H groups in total. The lowest BCUT2D eigenvalue weighted by Gasteiger charge is -2.26. The van der Waals surface area contributed by atoms with Gasteiger partial charge in [-0.05, 0) is 49.6 Å². The van der Waals surface area contributed by atoms with Crippen molar-refractivity contribution in [1.82, 2.24) is 14.7 Å².